The molecule has 1 fully saturated rings. The fourth-order valence-corrected chi connectivity index (χ4v) is 3.52. The highest BCUT2D eigenvalue weighted by Gasteiger charge is 2.22. The van der Waals surface area contributed by atoms with Gasteiger partial charge in [-0.2, -0.15) is 0 Å². The number of anilines is 1. The molecule has 0 spiro atoms. The first-order valence-corrected chi connectivity index (χ1v) is 9.06. The number of thiazole rings is 1. The Morgan fingerprint density at radius 3 is 2.96 bits per heavy atom. The second kappa shape index (κ2) is 8.05. The van der Waals surface area contributed by atoms with Crippen molar-refractivity contribution in [2.75, 3.05) is 18.0 Å². The molecule has 3 rings (SSSR count). The van der Waals surface area contributed by atoms with Gasteiger partial charge in [0.25, 0.3) is 0 Å². The summed E-state index contributed by atoms with van der Waals surface area (Å²) < 4.78 is 0. The van der Waals surface area contributed by atoms with Crippen molar-refractivity contribution in [3.05, 3.63) is 34.5 Å². The largest absolute Gasteiger partial charge is 0.339 e. The van der Waals surface area contributed by atoms with Crippen LogP contribution in [0.25, 0.3) is 0 Å². The summed E-state index contributed by atoms with van der Waals surface area (Å²) in [5, 5.41) is 6.86. The minimum Gasteiger partial charge on any atom is -0.339 e. The first-order chi connectivity index (χ1) is 11.7. The first-order valence-electron chi connectivity index (χ1n) is 8.24. The quantitative estimate of drug-likeness (QED) is 0.865. The third kappa shape index (κ3) is 4.41. The van der Waals surface area contributed by atoms with E-state index in [1.807, 2.05) is 6.20 Å². The van der Waals surface area contributed by atoms with E-state index in [0.717, 1.165) is 43.3 Å². The van der Waals surface area contributed by atoms with Crippen molar-refractivity contribution in [2.24, 2.45) is 0 Å². The number of amides is 2. The molecule has 0 aromatic carbocycles. The van der Waals surface area contributed by atoms with Crippen molar-refractivity contribution in [3.63, 3.8) is 0 Å². The number of carbonyl (C=O) groups is 1. The number of hydrogen-bond donors (Lipinski definition) is 2. The van der Waals surface area contributed by atoms with Crippen LogP contribution in [0.4, 0.5) is 10.7 Å². The maximum absolute atomic E-state index is 12.1. The molecule has 2 aromatic heterocycles. The number of carbonyl (C=O) groups excluding carboxylic acids is 1. The summed E-state index contributed by atoms with van der Waals surface area (Å²) in [6, 6.07) is 1.76. The standard InChI is InChI=1S/C16H22N6OS/c1-2-13-9-19-14(24-13)10-20-16(23)21-12-5-3-8-22(11-12)15-17-6-4-7-18-15/h4,6-7,9,12H,2-3,5,8,10-11H2,1H3,(H2,20,21,23)/t12-/m0/s1. The van der Waals surface area contributed by atoms with Crippen molar-refractivity contribution in [1.82, 2.24) is 25.6 Å². The third-order valence-corrected chi connectivity index (χ3v) is 5.08. The molecule has 2 aromatic rings. The number of aryl methyl sites for hydroxylation is 1. The highest BCUT2D eigenvalue weighted by atomic mass is 32.1. The number of urea groups is 1. The summed E-state index contributed by atoms with van der Waals surface area (Å²) in [6.45, 7) is 4.22. The van der Waals surface area contributed by atoms with E-state index in [4.69, 9.17) is 0 Å². The second-order valence-corrected chi connectivity index (χ2v) is 6.93. The van der Waals surface area contributed by atoms with Crippen molar-refractivity contribution in [1.29, 1.82) is 0 Å². The SMILES string of the molecule is CCc1cnc(CNC(=O)N[C@H]2CCCN(c3ncccn3)C2)s1. The van der Waals surface area contributed by atoms with Crippen LogP contribution < -0.4 is 15.5 Å². The van der Waals surface area contributed by atoms with Crippen molar-refractivity contribution in [2.45, 2.75) is 38.8 Å². The number of aromatic nitrogens is 3. The van der Waals surface area contributed by atoms with Crippen LogP contribution in [0.5, 0.6) is 0 Å². The molecular formula is C16H22N6OS. The smallest absolute Gasteiger partial charge is 0.315 e. The van der Waals surface area contributed by atoms with E-state index < -0.39 is 0 Å². The lowest BCUT2D eigenvalue weighted by Gasteiger charge is -2.33. The number of piperidine rings is 1. The zero-order chi connectivity index (χ0) is 16.8. The molecule has 2 amide bonds. The van der Waals surface area contributed by atoms with E-state index in [1.54, 1.807) is 29.8 Å². The maximum Gasteiger partial charge on any atom is 0.315 e. The Morgan fingerprint density at radius 1 is 1.38 bits per heavy atom. The summed E-state index contributed by atoms with van der Waals surface area (Å²) >= 11 is 1.64. The predicted octanol–water partition coefficient (Wildman–Crippen LogP) is 1.96. The second-order valence-electron chi connectivity index (χ2n) is 5.73. The van der Waals surface area contributed by atoms with Crippen LogP contribution in [0, 0.1) is 0 Å². The summed E-state index contributed by atoms with van der Waals surface area (Å²) in [4.78, 5) is 28.3. The monoisotopic (exact) mass is 346 g/mol. The lowest BCUT2D eigenvalue weighted by Crippen LogP contribution is -2.50. The molecule has 0 aliphatic carbocycles. The maximum atomic E-state index is 12.1. The van der Waals surface area contributed by atoms with E-state index in [9.17, 15) is 4.79 Å². The van der Waals surface area contributed by atoms with Crippen LogP contribution >= 0.6 is 11.3 Å². The Hall–Kier alpha value is -2.22. The average Bonchev–Trinajstić information content (AvgIpc) is 3.09. The molecule has 128 valence electrons. The van der Waals surface area contributed by atoms with Crippen LogP contribution in [0.1, 0.15) is 29.7 Å². The minimum atomic E-state index is -0.149. The Morgan fingerprint density at radius 2 is 2.21 bits per heavy atom. The van der Waals surface area contributed by atoms with Crippen LogP contribution in [-0.4, -0.2) is 40.1 Å². The Bertz CT molecular complexity index is 662. The number of nitrogens with one attached hydrogen (secondary N) is 2. The van der Waals surface area contributed by atoms with Gasteiger partial charge in [0, 0.05) is 42.6 Å². The van der Waals surface area contributed by atoms with Gasteiger partial charge in [-0.3, -0.25) is 0 Å². The van der Waals surface area contributed by atoms with Crippen LogP contribution in [0.3, 0.4) is 0 Å². The molecule has 1 aliphatic rings. The van der Waals surface area contributed by atoms with Crippen LogP contribution in [-0.2, 0) is 13.0 Å². The lowest BCUT2D eigenvalue weighted by atomic mass is 10.1. The topological polar surface area (TPSA) is 83.0 Å². The van der Waals surface area contributed by atoms with E-state index in [2.05, 4.69) is 37.4 Å². The van der Waals surface area contributed by atoms with Gasteiger partial charge in [-0.1, -0.05) is 6.92 Å². The minimum absolute atomic E-state index is 0.102. The van der Waals surface area contributed by atoms with E-state index in [-0.39, 0.29) is 12.1 Å². The van der Waals surface area contributed by atoms with Gasteiger partial charge in [-0.05, 0) is 25.3 Å². The average molecular weight is 346 g/mol. The van der Waals surface area contributed by atoms with E-state index in [1.165, 1.54) is 4.88 Å². The van der Waals surface area contributed by atoms with E-state index >= 15 is 0 Å². The Labute approximate surface area is 145 Å². The zero-order valence-electron chi connectivity index (χ0n) is 13.7. The molecular weight excluding hydrogens is 324 g/mol. The molecule has 0 bridgehead atoms. The molecule has 2 N–H and O–H groups in total. The molecule has 1 atom stereocenters. The van der Waals surface area contributed by atoms with Crippen molar-refractivity contribution >= 4 is 23.3 Å². The molecule has 24 heavy (non-hydrogen) atoms. The summed E-state index contributed by atoms with van der Waals surface area (Å²) in [5.74, 6) is 0.722. The zero-order valence-corrected chi connectivity index (χ0v) is 14.6. The highest BCUT2D eigenvalue weighted by Crippen LogP contribution is 2.15. The Kier molecular flexibility index (Phi) is 5.58. The van der Waals surface area contributed by atoms with Gasteiger partial charge in [0.1, 0.15) is 5.01 Å². The molecule has 0 radical (unpaired) electrons. The highest BCUT2D eigenvalue weighted by molar-refractivity contribution is 7.11. The molecule has 8 heteroatoms. The van der Waals surface area contributed by atoms with Gasteiger partial charge in [-0.25, -0.2) is 19.7 Å². The van der Waals surface area contributed by atoms with Crippen molar-refractivity contribution < 1.29 is 4.79 Å². The number of nitrogens with zero attached hydrogens (tertiary/aromatic N) is 4. The fraction of sp³-hybridized carbons (Fsp3) is 0.500. The number of hydrogen-bond acceptors (Lipinski definition) is 6. The summed E-state index contributed by atoms with van der Waals surface area (Å²) in [7, 11) is 0. The molecule has 7 nitrogen and oxygen atoms in total. The fourth-order valence-electron chi connectivity index (χ4n) is 2.72. The van der Waals surface area contributed by atoms with Gasteiger partial charge >= 0.3 is 6.03 Å². The van der Waals surface area contributed by atoms with Gasteiger partial charge in [0.05, 0.1) is 6.54 Å². The summed E-state index contributed by atoms with van der Waals surface area (Å²) in [5.41, 5.74) is 0. The predicted molar refractivity (Wildman–Crippen MR) is 94.1 cm³/mol. The van der Waals surface area contributed by atoms with Crippen LogP contribution in [0.15, 0.2) is 24.7 Å². The normalized spacial score (nSPS) is 17.5. The van der Waals surface area contributed by atoms with Gasteiger partial charge in [0.2, 0.25) is 5.95 Å². The molecule has 1 saturated heterocycles. The van der Waals surface area contributed by atoms with Gasteiger partial charge in [0.15, 0.2) is 0 Å². The van der Waals surface area contributed by atoms with E-state index in [0.29, 0.717) is 6.54 Å². The molecule has 1 aliphatic heterocycles. The molecule has 0 saturated carbocycles. The molecule has 3 heterocycles. The third-order valence-electron chi connectivity index (χ3n) is 3.94. The van der Waals surface area contributed by atoms with Gasteiger partial charge < -0.3 is 15.5 Å². The van der Waals surface area contributed by atoms with Gasteiger partial charge in [-0.15, -0.1) is 11.3 Å². The van der Waals surface area contributed by atoms with Crippen molar-refractivity contribution in [3.8, 4) is 0 Å². The number of rotatable bonds is 5. The summed E-state index contributed by atoms with van der Waals surface area (Å²) in [6.07, 6.45) is 8.31. The van der Waals surface area contributed by atoms with Crippen LogP contribution in [0.2, 0.25) is 0 Å². The molecule has 0 unspecified atom stereocenters. The first kappa shape index (κ1) is 16.6. The lowest BCUT2D eigenvalue weighted by molar-refractivity contribution is 0.234. The Balaban J connectivity index is 1.47.